The van der Waals surface area contributed by atoms with Crippen molar-refractivity contribution in [1.82, 2.24) is 9.55 Å². The van der Waals surface area contributed by atoms with Gasteiger partial charge in [-0.2, -0.15) is 0 Å². The molecule has 1 aromatic carbocycles. The Morgan fingerprint density at radius 3 is 2.60 bits per heavy atom. The highest BCUT2D eigenvalue weighted by molar-refractivity contribution is 5.93. The first kappa shape index (κ1) is 13.8. The molecular weight excluding hydrogens is 260 g/mol. The molecule has 2 aromatic rings. The number of aromatic nitrogens is 2. The number of hydrogen-bond donors (Lipinski definition) is 1. The maximum absolute atomic E-state index is 12.3. The zero-order valence-electron chi connectivity index (χ0n) is 11.4. The van der Waals surface area contributed by atoms with E-state index in [0.29, 0.717) is 11.4 Å². The van der Waals surface area contributed by atoms with Crippen LogP contribution >= 0.6 is 0 Å². The van der Waals surface area contributed by atoms with Crippen molar-refractivity contribution in [3.63, 3.8) is 0 Å². The Kier molecular flexibility index (Phi) is 3.56. The smallest absolute Gasteiger partial charge is 0.333 e. The van der Waals surface area contributed by atoms with E-state index in [-0.39, 0.29) is 5.56 Å². The lowest BCUT2D eigenvalue weighted by molar-refractivity contribution is 0.101. The number of benzene rings is 1. The van der Waals surface area contributed by atoms with E-state index >= 15 is 0 Å². The van der Waals surface area contributed by atoms with E-state index in [9.17, 15) is 14.4 Å². The van der Waals surface area contributed by atoms with Crippen molar-refractivity contribution in [3.8, 4) is 11.4 Å². The third kappa shape index (κ3) is 2.27. The molecule has 0 saturated heterocycles. The average Bonchev–Trinajstić information content (AvgIpc) is 2.38. The van der Waals surface area contributed by atoms with Gasteiger partial charge in [0.05, 0.1) is 18.4 Å². The van der Waals surface area contributed by atoms with E-state index in [0.717, 1.165) is 16.3 Å². The standard InChI is InChI=1S/C14H14N2O4/c1-8-4-5-12(20-3)11(6-8)16-13(18)10(9(2)17)7-15-14(16)19/h4-7H,1-3H3,(H,15,19). The molecule has 2 rings (SSSR count). The van der Waals surface area contributed by atoms with E-state index in [1.165, 1.54) is 14.0 Å². The Morgan fingerprint density at radius 1 is 1.30 bits per heavy atom. The number of rotatable bonds is 3. The number of Topliss-reactive ketones (excluding diaryl/α,β-unsaturated/α-hetero) is 1. The first-order valence-corrected chi connectivity index (χ1v) is 5.96. The van der Waals surface area contributed by atoms with Crippen molar-refractivity contribution in [1.29, 1.82) is 0 Å². The monoisotopic (exact) mass is 274 g/mol. The number of nitrogens with zero attached hydrogens (tertiary/aromatic N) is 1. The fourth-order valence-electron chi connectivity index (χ4n) is 1.92. The quantitative estimate of drug-likeness (QED) is 0.848. The molecule has 0 radical (unpaired) electrons. The summed E-state index contributed by atoms with van der Waals surface area (Å²) in [6, 6.07) is 5.12. The number of aryl methyl sites for hydroxylation is 1. The molecule has 20 heavy (non-hydrogen) atoms. The molecule has 0 atom stereocenters. The summed E-state index contributed by atoms with van der Waals surface area (Å²) in [7, 11) is 1.45. The van der Waals surface area contributed by atoms with Crippen LogP contribution < -0.4 is 16.0 Å². The summed E-state index contributed by atoms with van der Waals surface area (Å²) >= 11 is 0. The molecule has 1 heterocycles. The Bertz CT molecular complexity index is 786. The van der Waals surface area contributed by atoms with Gasteiger partial charge in [-0.15, -0.1) is 0 Å². The second-order valence-corrected chi connectivity index (χ2v) is 4.38. The number of methoxy groups -OCH3 is 1. The second-order valence-electron chi connectivity index (χ2n) is 4.38. The van der Waals surface area contributed by atoms with Crippen LogP contribution in [0.25, 0.3) is 5.69 Å². The van der Waals surface area contributed by atoms with Crippen LogP contribution in [0.4, 0.5) is 0 Å². The molecule has 0 amide bonds. The summed E-state index contributed by atoms with van der Waals surface area (Å²) in [6.07, 6.45) is 1.13. The van der Waals surface area contributed by atoms with Crippen LogP contribution in [0.3, 0.4) is 0 Å². The van der Waals surface area contributed by atoms with E-state index in [2.05, 4.69) is 4.98 Å². The Balaban J connectivity index is 2.86. The van der Waals surface area contributed by atoms with Gasteiger partial charge in [-0.25, -0.2) is 9.36 Å². The van der Waals surface area contributed by atoms with Gasteiger partial charge in [0.2, 0.25) is 0 Å². The largest absolute Gasteiger partial charge is 0.495 e. The molecule has 0 fully saturated rings. The SMILES string of the molecule is COc1ccc(C)cc1-n1c(=O)[nH]cc(C(C)=O)c1=O. The third-order valence-corrected chi connectivity index (χ3v) is 2.93. The van der Waals surface area contributed by atoms with Crippen LogP contribution in [0.5, 0.6) is 5.75 Å². The van der Waals surface area contributed by atoms with E-state index in [1.807, 2.05) is 6.92 Å². The number of nitrogens with one attached hydrogen (secondary N) is 1. The molecule has 0 bridgehead atoms. The molecule has 0 aliphatic rings. The van der Waals surface area contributed by atoms with Gasteiger partial charge < -0.3 is 9.72 Å². The van der Waals surface area contributed by atoms with Crippen molar-refractivity contribution in [2.45, 2.75) is 13.8 Å². The van der Waals surface area contributed by atoms with Crippen LogP contribution in [0.15, 0.2) is 34.0 Å². The summed E-state index contributed by atoms with van der Waals surface area (Å²) in [5, 5.41) is 0. The van der Waals surface area contributed by atoms with Gasteiger partial charge in [-0.3, -0.25) is 9.59 Å². The summed E-state index contributed by atoms with van der Waals surface area (Å²) in [5.74, 6) is -0.0319. The maximum atomic E-state index is 12.3. The molecule has 0 saturated carbocycles. The Hall–Kier alpha value is -2.63. The van der Waals surface area contributed by atoms with Crippen molar-refractivity contribution < 1.29 is 9.53 Å². The molecular formula is C14H14N2O4. The third-order valence-electron chi connectivity index (χ3n) is 2.93. The van der Waals surface area contributed by atoms with Crippen LogP contribution in [-0.4, -0.2) is 22.4 Å². The normalized spacial score (nSPS) is 10.3. The van der Waals surface area contributed by atoms with Gasteiger partial charge in [-0.05, 0) is 31.5 Å². The van der Waals surface area contributed by atoms with Gasteiger partial charge in [-0.1, -0.05) is 6.07 Å². The Morgan fingerprint density at radius 2 is 2.00 bits per heavy atom. The number of carbonyl (C=O) groups is 1. The molecule has 6 nitrogen and oxygen atoms in total. The highest BCUT2D eigenvalue weighted by Gasteiger charge is 2.15. The topological polar surface area (TPSA) is 81.2 Å². The van der Waals surface area contributed by atoms with E-state index in [1.54, 1.807) is 18.2 Å². The first-order chi connectivity index (χ1) is 9.45. The van der Waals surface area contributed by atoms with Crippen LogP contribution in [0, 0.1) is 6.92 Å². The minimum absolute atomic E-state index is 0.0758. The van der Waals surface area contributed by atoms with Crippen molar-refractivity contribution in [3.05, 3.63) is 56.4 Å². The molecule has 6 heteroatoms. The molecule has 0 aliphatic heterocycles. The maximum Gasteiger partial charge on any atom is 0.333 e. The van der Waals surface area contributed by atoms with E-state index in [4.69, 9.17) is 4.74 Å². The van der Waals surface area contributed by atoms with Crippen molar-refractivity contribution in [2.24, 2.45) is 0 Å². The summed E-state index contributed by atoms with van der Waals surface area (Å²) in [4.78, 5) is 38.0. The van der Waals surface area contributed by atoms with Gasteiger partial charge in [0.15, 0.2) is 5.78 Å². The number of carbonyl (C=O) groups excluding carboxylic acids is 1. The summed E-state index contributed by atoms with van der Waals surface area (Å²) < 4.78 is 6.07. The Labute approximate surface area is 114 Å². The summed E-state index contributed by atoms with van der Waals surface area (Å²) in [5.41, 5.74) is -0.190. The molecule has 1 aromatic heterocycles. The van der Waals surface area contributed by atoms with Crippen molar-refractivity contribution >= 4 is 5.78 Å². The fraction of sp³-hybridized carbons (Fsp3) is 0.214. The highest BCUT2D eigenvalue weighted by atomic mass is 16.5. The second kappa shape index (κ2) is 5.16. The van der Waals surface area contributed by atoms with Crippen LogP contribution in [-0.2, 0) is 0 Å². The minimum atomic E-state index is -0.662. The van der Waals surface area contributed by atoms with Gasteiger partial charge >= 0.3 is 5.69 Å². The lowest BCUT2D eigenvalue weighted by Crippen LogP contribution is -2.36. The average molecular weight is 274 g/mol. The lowest BCUT2D eigenvalue weighted by Gasteiger charge is -2.11. The van der Waals surface area contributed by atoms with Crippen LogP contribution in [0.2, 0.25) is 0 Å². The number of ketones is 1. The van der Waals surface area contributed by atoms with Gasteiger partial charge in [0, 0.05) is 6.20 Å². The van der Waals surface area contributed by atoms with Crippen LogP contribution in [0.1, 0.15) is 22.8 Å². The van der Waals surface area contributed by atoms with Gasteiger partial charge in [0.25, 0.3) is 5.56 Å². The van der Waals surface area contributed by atoms with Gasteiger partial charge in [0.1, 0.15) is 5.75 Å². The highest BCUT2D eigenvalue weighted by Crippen LogP contribution is 2.21. The fourth-order valence-corrected chi connectivity index (χ4v) is 1.92. The molecule has 0 spiro atoms. The predicted octanol–water partition coefficient (Wildman–Crippen LogP) is 1.05. The number of aromatic amines is 1. The lowest BCUT2D eigenvalue weighted by atomic mass is 10.2. The van der Waals surface area contributed by atoms with E-state index < -0.39 is 17.0 Å². The molecule has 0 aliphatic carbocycles. The zero-order valence-corrected chi connectivity index (χ0v) is 11.4. The number of hydrogen-bond acceptors (Lipinski definition) is 4. The first-order valence-electron chi connectivity index (χ1n) is 5.96. The molecule has 0 unspecified atom stereocenters. The summed E-state index contributed by atoms with van der Waals surface area (Å²) in [6.45, 7) is 3.10. The number of H-pyrrole nitrogens is 1. The van der Waals surface area contributed by atoms with Crippen molar-refractivity contribution in [2.75, 3.05) is 7.11 Å². The minimum Gasteiger partial charge on any atom is -0.495 e. The predicted molar refractivity (Wildman–Crippen MR) is 74.0 cm³/mol. The zero-order chi connectivity index (χ0) is 14.9. The molecule has 1 N–H and O–H groups in total. The number of ether oxygens (including phenoxy) is 1. The molecule has 104 valence electrons.